The molecule has 0 fully saturated rings. The fraction of sp³-hybridized carbons (Fsp3) is 0.467. The quantitative estimate of drug-likeness (QED) is 0.771. The van der Waals surface area contributed by atoms with Gasteiger partial charge in [0, 0.05) is 22.5 Å². The first-order valence-electron chi connectivity index (χ1n) is 6.17. The zero-order valence-electron chi connectivity index (χ0n) is 11.3. The van der Waals surface area contributed by atoms with Gasteiger partial charge in [-0.2, -0.15) is 0 Å². The molecule has 0 saturated heterocycles. The molecule has 1 aromatic rings. The zero-order chi connectivity index (χ0) is 13.8. The Balaban J connectivity index is 2.81. The molecule has 0 aromatic heterocycles. The predicted molar refractivity (Wildman–Crippen MR) is 79.2 cm³/mol. The van der Waals surface area contributed by atoms with E-state index in [9.17, 15) is 4.39 Å². The summed E-state index contributed by atoms with van der Waals surface area (Å²) < 4.78 is 13.9. The lowest BCUT2D eigenvalue weighted by Gasteiger charge is -2.28. The van der Waals surface area contributed by atoms with E-state index in [1.54, 1.807) is 0 Å². The summed E-state index contributed by atoms with van der Waals surface area (Å²) in [7, 11) is 0. The monoisotopic (exact) mass is 313 g/mol. The second-order valence-corrected chi connectivity index (χ2v) is 6.16. The highest BCUT2D eigenvalue weighted by atomic mass is 79.9. The first-order chi connectivity index (χ1) is 8.36. The highest BCUT2D eigenvalue weighted by Crippen LogP contribution is 2.28. The van der Waals surface area contributed by atoms with E-state index in [1.165, 1.54) is 12.1 Å². The third-order valence-corrected chi connectivity index (χ3v) is 3.75. The number of rotatable bonds is 6. The van der Waals surface area contributed by atoms with Gasteiger partial charge >= 0.3 is 0 Å². The minimum Gasteiger partial charge on any atom is -0.314 e. The lowest BCUT2D eigenvalue weighted by molar-refractivity contribution is 0.373. The molecule has 0 saturated carbocycles. The summed E-state index contributed by atoms with van der Waals surface area (Å²) in [6, 6.07) is 5.28. The van der Waals surface area contributed by atoms with E-state index in [1.807, 2.05) is 12.1 Å². The summed E-state index contributed by atoms with van der Waals surface area (Å²) in [5.41, 5.74) is 1.06. The molecule has 1 unspecified atom stereocenters. The average molecular weight is 314 g/mol. The van der Waals surface area contributed by atoms with Crippen LogP contribution in [0.2, 0.25) is 0 Å². The molecule has 0 bridgehead atoms. The van der Waals surface area contributed by atoms with Crippen LogP contribution in [0, 0.1) is 11.2 Å². The van der Waals surface area contributed by atoms with Crippen LogP contribution in [0.5, 0.6) is 0 Å². The van der Waals surface area contributed by atoms with Crippen molar-refractivity contribution in [3.05, 3.63) is 46.7 Å². The van der Waals surface area contributed by atoms with Gasteiger partial charge in [0.25, 0.3) is 0 Å². The van der Waals surface area contributed by atoms with Gasteiger partial charge in [-0.3, -0.25) is 0 Å². The summed E-state index contributed by atoms with van der Waals surface area (Å²) in [5, 5.41) is 3.43. The Morgan fingerprint density at radius 3 is 2.67 bits per heavy atom. The first kappa shape index (κ1) is 15.4. The van der Waals surface area contributed by atoms with Crippen molar-refractivity contribution in [3.8, 4) is 0 Å². The lowest BCUT2D eigenvalue weighted by Crippen LogP contribution is -2.35. The third-order valence-electron chi connectivity index (χ3n) is 3.02. The highest BCUT2D eigenvalue weighted by molar-refractivity contribution is 9.10. The lowest BCUT2D eigenvalue weighted by atomic mass is 9.83. The van der Waals surface area contributed by atoms with Gasteiger partial charge in [-0.25, -0.2) is 4.39 Å². The Morgan fingerprint density at radius 1 is 1.50 bits per heavy atom. The van der Waals surface area contributed by atoms with Gasteiger partial charge in [0.05, 0.1) is 0 Å². The molecule has 1 aromatic carbocycles. The molecule has 1 N–H and O–H groups in total. The standard InChI is InChI=1S/C15H21BrFN/c1-5-15(4,10-18-11(2)3)9-12-6-7-13(17)8-14(12)16/h5-8,11,18H,1,9-10H2,2-4H3. The van der Waals surface area contributed by atoms with E-state index in [0.29, 0.717) is 6.04 Å². The van der Waals surface area contributed by atoms with Crippen molar-refractivity contribution in [1.82, 2.24) is 5.32 Å². The molecule has 0 aliphatic rings. The van der Waals surface area contributed by atoms with Gasteiger partial charge in [-0.15, -0.1) is 6.58 Å². The van der Waals surface area contributed by atoms with Crippen LogP contribution in [0.3, 0.4) is 0 Å². The van der Waals surface area contributed by atoms with Crippen molar-refractivity contribution in [3.63, 3.8) is 0 Å². The van der Waals surface area contributed by atoms with Gasteiger partial charge in [0.1, 0.15) is 5.82 Å². The molecule has 0 aliphatic heterocycles. The van der Waals surface area contributed by atoms with E-state index in [4.69, 9.17) is 0 Å². The number of nitrogens with one attached hydrogen (secondary N) is 1. The molecule has 1 nitrogen and oxygen atoms in total. The number of hydrogen-bond acceptors (Lipinski definition) is 1. The Labute approximate surface area is 118 Å². The Hall–Kier alpha value is -0.670. The minimum absolute atomic E-state index is 0.0371. The highest BCUT2D eigenvalue weighted by Gasteiger charge is 2.22. The molecule has 18 heavy (non-hydrogen) atoms. The summed E-state index contributed by atoms with van der Waals surface area (Å²) in [6.07, 6.45) is 2.80. The Bertz CT molecular complexity index is 417. The molecule has 100 valence electrons. The van der Waals surface area contributed by atoms with E-state index in [2.05, 4.69) is 48.6 Å². The fourth-order valence-electron chi connectivity index (χ4n) is 1.74. The van der Waals surface area contributed by atoms with Crippen molar-refractivity contribution in [1.29, 1.82) is 0 Å². The largest absolute Gasteiger partial charge is 0.314 e. The van der Waals surface area contributed by atoms with Gasteiger partial charge < -0.3 is 5.32 Å². The maximum atomic E-state index is 13.1. The molecular weight excluding hydrogens is 293 g/mol. The Morgan fingerprint density at radius 2 is 2.17 bits per heavy atom. The van der Waals surface area contributed by atoms with E-state index < -0.39 is 0 Å². The van der Waals surface area contributed by atoms with E-state index >= 15 is 0 Å². The van der Waals surface area contributed by atoms with Gasteiger partial charge in [-0.05, 0) is 24.1 Å². The molecule has 1 atom stereocenters. The van der Waals surface area contributed by atoms with E-state index in [-0.39, 0.29) is 11.2 Å². The second kappa shape index (κ2) is 6.48. The van der Waals surface area contributed by atoms with Crippen molar-refractivity contribution in [2.45, 2.75) is 33.2 Å². The zero-order valence-corrected chi connectivity index (χ0v) is 12.8. The summed E-state index contributed by atoms with van der Waals surface area (Å²) in [5.74, 6) is -0.216. The van der Waals surface area contributed by atoms with Crippen LogP contribution < -0.4 is 5.32 Å². The van der Waals surface area contributed by atoms with Crippen LogP contribution in [-0.2, 0) is 6.42 Å². The van der Waals surface area contributed by atoms with Crippen molar-refractivity contribution in [2.24, 2.45) is 5.41 Å². The first-order valence-corrected chi connectivity index (χ1v) is 6.96. The van der Waals surface area contributed by atoms with Gasteiger partial charge in [-0.1, -0.05) is 48.8 Å². The molecule has 0 radical (unpaired) electrons. The molecular formula is C15H21BrFN. The number of benzene rings is 1. The topological polar surface area (TPSA) is 12.0 Å². The molecule has 0 heterocycles. The van der Waals surface area contributed by atoms with Crippen LogP contribution in [0.1, 0.15) is 26.3 Å². The third kappa shape index (κ3) is 4.54. The fourth-order valence-corrected chi connectivity index (χ4v) is 2.24. The maximum Gasteiger partial charge on any atom is 0.124 e. The number of hydrogen-bond donors (Lipinski definition) is 1. The maximum absolute atomic E-state index is 13.1. The molecule has 0 spiro atoms. The molecule has 1 rings (SSSR count). The van der Waals surface area contributed by atoms with Crippen molar-refractivity contribution >= 4 is 15.9 Å². The van der Waals surface area contributed by atoms with Gasteiger partial charge in [0.2, 0.25) is 0 Å². The molecule has 0 aliphatic carbocycles. The smallest absolute Gasteiger partial charge is 0.124 e. The van der Waals surface area contributed by atoms with Crippen molar-refractivity contribution in [2.75, 3.05) is 6.54 Å². The number of halogens is 2. The summed E-state index contributed by atoms with van der Waals surface area (Å²) in [6.45, 7) is 11.2. The van der Waals surface area contributed by atoms with E-state index in [0.717, 1.165) is 23.0 Å². The SMILES string of the molecule is C=CC(C)(CNC(C)C)Cc1ccc(F)cc1Br. The van der Waals surface area contributed by atoms with Crippen LogP contribution in [0.4, 0.5) is 4.39 Å². The van der Waals surface area contributed by atoms with Gasteiger partial charge in [0.15, 0.2) is 0 Å². The van der Waals surface area contributed by atoms with Crippen LogP contribution >= 0.6 is 15.9 Å². The summed E-state index contributed by atoms with van der Waals surface area (Å²) in [4.78, 5) is 0. The second-order valence-electron chi connectivity index (χ2n) is 5.31. The predicted octanol–water partition coefficient (Wildman–Crippen LogP) is 4.32. The van der Waals surface area contributed by atoms with Crippen LogP contribution in [-0.4, -0.2) is 12.6 Å². The Kier molecular flexibility index (Phi) is 5.54. The van der Waals surface area contributed by atoms with Crippen molar-refractivity contribution < 1.29 is 4.39 Å². The molecule has 0 amide bonds. The minimum atomic E-state index is -0.216. The van der Waals surface area contributed by atoms with Crippen LogP contribution in [0.25, 0.3) is 0 Å². The average Bonchev–Trinajstić information content (AvgIpc) is 2.30. The molecule has 3 heteroatoms. The summed E-state index contributed by atoms with van der Waals surface area (Å²) >= 11 is 3.41. The normalized spacial score (nSPS) is 14.6. The van der Waals surface area contributed by atoms with Crippen LogP contribution in [0.15, 0.2) is 35.3 Å².